The Morgan fingerprint density at radius 1 is 1.39 bits per heavy atom. The summed E-state index contributed by atoms with van der Waals surface area (Å²) < 4.78 is 35.2. The van der Waals surface area contributed by atoms with E-state index in [0.717, 1.165) is 37.2 Å². The van der Waals surface area contributed by atoms with Gasteiger partial charge in [0.05, 0.1) is 6.61 Å². The van der Waals surface area contributed by atoms with Crippen LogP contribution in [0.1, 0.15) is 24.2 Å². The standard InChI is InChI=1S/C19H28N4O4S/c1-15-20-19(14-22(15)2)28(25,26)21-17-6-4-8-23(13-17)12-16-5-3-7-18(11-16)27-10-9-24/h3,5,7,11,14,17,21,24H,4,6,8-10,12-13H2,1-2H3/t17-/m1/s1. The molecule has 1 saturated heterocycles. The summed E-state index contributed by atoms with van der Waals surface area (Å²) in [6, 6.07) is 7.63. The molecule has 2 aromatic rings. The smallest absolute Gasteiger partial charge is 0.259 e. The number of aromatic nitrogens is 2. The quantitative estimate of drug-likeness (QED) is 0.678. The van der Waals surface area contributed by atoms with Crippen LogP contribution in [-0.4, -0.2) is 60.3 Å². The Morgan fingerprint density at radius 2 is 2.21 bits per heavy atom. The van der Waals surface area contributed by atoms with E-state index in [4.69, 9.17) is 9.84 Å². The van der Waals surface area contributed by atoms with E-state index in [2.05, 4.69) is 14.6 Å². The van der Waals surface area contributed by atoms with Gasteiger partial charge < -0.3 is 14.4 Å². The first kappa shape index (κ1) is 20.8. The van der Waals surface area contributed by atoms with Gasteiger partial charge in [-0.2, -0.15) is 0 Å². The van der Waals surface area contributed by atoms with Crippen molar-refractivity contribution in [3.63, 3.8) is 0 Å². The molecule has 1 aromatic heterocycles. The second-order valence-corrected chi connectivity index (χ2v) is 8.81. The molecule has 0 amide bonds. The molecule has 1 aliphatic heterocycles. The minimum Gasteiger partial charge on any atom is -0.491 e. The molecule has 1 fully saturated rings. The third kappa shape index (κ3) is 5.32. The summed E-state index contributed by atoms with van der Waals surface area (Å²) >= 11 is 0. The molecule has 0 unspecified atom stereocenters. The van der Waals surface area contributed by atoms with E-state index in [1.807, 2.05) is 24.3 Å². The van der Waals surface area contributed by atoms with Crippen LogP contribution in [0.15, 0.2) is 35.5 Å². The number of nitrogens with zero attached hydrogens (tertiary/aromatic N) is 3. The molecule has 0 spiro atoms. The Hall–Kier alpha value is -1.94. The lowest BCUT2D eigenvalue weighted by atomic mass is 10.1. The van der Waals surface area contributed by atoms with Crippen molar-refractivity contribution in [2.75, 3.05) is 26.3 Å². The first-order valence-electron chi connectivity index (χ1n) is 9.44. The fraction of sp³-hybridized carbons (Fsp3) is 0.526. The number of imidazole rings is 1. The van der Waals surface area contributed by atoms with Crippen molar-refractivity contribution < 1.29 is 18.3 Å². The van der Waals surface area contributed by atoms with E-state index in [0.29, 0.717) is 12.4 Å². The summed E-state index contributed by atoms with van der Waals surface area (Å²) in [5.41, 5.74) is 1.10. The van der Waals surface area contributed by atoms with Crippen molar-refractivity contribution in [2.45, 2.75) is 37.4 Å². The summed E-state index contributed by atoms with van der Waals surface area (Å²) in [6.45, 7) is 4.31. The molecule has 0 bridgehead atoms. The summed E-state index contributed by atoms with van der Waals surface area (Å²) in [7, 11) is -1.85. The maximum Gasteiger partial charge on any atom is 0.259 e. The van der Waals surface area contributed by atoms with Crippen LogP contribution in [0, 0.1) is 6.92 Å². The van der Waals surface area contributed by atoms with Crippen molar-refractivity contribution in [2.24, 2.45) is 7.05 Å². The fourth-order valence-electron chi connectivity index (χ4n) is 3.39. The molecule has 0 saturated carbocycles. The van der Waals surface area contributed by atoms with Crippen LogP contribution < -0.4 is 9.46 Å². The molecule has 1 aromatic carbocycles. The van der Waals surface area contributed by atoms with E-state index >= 15 is 0 Å². The van der Waals surface area contributed by atoms with Crippen LogP contribution in [0.5, 0.6) is 5.75 Å². The van der Waals surface area contributed by atoms with Gasteiger partial charge in [0.15, 0.2) is 5.03 Å². The Kier molecular flexibility index (Phi) is 6.71. The number of benzene rings is 1. The molecule has 3 rings (SSSR count). The molecular weight excluding hydrogens is 380 g/mol. The molecular formula is C19H28N4O4S. The molecule has 0 aliphatic carbocycles. The van der Waals surface area contributed by atoms with Crippen molar-refractivity contribution >= 4 is 10.0 Å². The van der Waals surface area contributed by atoms with Crippen LogP contribution in [-0.2, 0) is 23.6 Å². The number of rotatable bonds is 8. The molecule has 8 nitrogen and oxygen atoms in total. The summed E-state index contributed by atoms with van der Waals surface area (Å²) in [6.07, 6.45) is 3.27. The van der Waals surface area contributed by atoms with Crippen LogP contribution in [0.4, 0.5) is 0 Å². The predicted octanol–water partition coefficient (Wildman–Crippen LogP) is 1.04. The average molecular weight is 409 g/mol. The maximum atomic E-state index is 12.6. The minimum atomic E-state index is -3.63. The molecule has 1 aliphatic rings. The van der Waals surface area contributed by atoms with Crippen molar-refractivity contribution in [1.82, 2.24) is 19.2 Å². The van der Waals surface area contributed by atoms with Gasteiger partial charge in [0, 0.05) is 32.4 Å². The lowest BCUT2D eigenvalue weighted by molar-refractivity contribution is 0.192. The van der Waals surface area contributed by atoms with Gasteiger partial charge in [-0.15, -0.1) is 0 Å². The highest BCUT2D eigenvalue weighted by molar-refractivity contribution is 7.89. The van der Waals surface area contributed by atoms with Gasteiger partial charge in [0.25, 0.3) is 10.0 Å². The van der Waals surface area contributed by atoms with Gasteiger partial charge in [-0.1, -0.05) is 12.1 Å². The van der Waals surface area contributed by atoms with E-state index in [-0.39, 0.29) is 24.3 Å². The normalized spacial score (nSPS) is 18.3. The topological polar surface area (TPSA) is 96.7 Å². The summed E-state index contributed by atoms with van der Waals surface area (Å²) in [5, 5.41) is 8.95. The Labute approximate surface area is 166 Å². The number of piperidine rings is 1. The van der Waals surface area contributed by atoms with Crippen LogP contribution >= 0.6 is 0 Å². The molecule has 0 radical (unpaired) electrons. The highest BCUT2D eigenvalue weighted by Gasteiger charge is 2.27. The Bertz CT molecular complexity index is 878. The van der Waals surface area contributed by atoms with Gasteiger partial charge in [-0.25, -0.2) is 18.1 Å². The number of aliphatic hydroxyl groups excluding tert-OH is 1. The predicted molar refractivity (Wildman–Crippen MR) is 106 cm³/mol. The Balaban J connectivity index is 1.61. The van der Waals surface area contributed by atoms with Gasteiger partial charge >= 0.3 is 0 Å². The zero-order valence-corrected chi connectivity index (χ0v) is 17.2. The van der Waals surface area contributed by atoms with Gasteiger partial charge in [0.2, 0.25) is 0 Å². The molecule has 2 N–H and O–H groups in total. The van der Waals surface area contributed by atoms with Gasteiger partial charge in [-0.3, -0.25) is 4.90 Å². The van der Waals surface area contributed by atoms with Gasteiger partial charge in [0.1, 0.15) is 18.2 Å². The lowest BCUT2D eigenvalue weighted by Gasteiger charge is -2.32. The summed E-state index contributed by atoms with van der Waals surface area (Å²) in [5.74, 6) is 1.39. The highest BCUT2D eigenvalue weighted by Crippen LogP contribution is 2.19. The van der Waals surface area contributed by atoms with E-state index in [1.54, 1.807) is 18.5 Å². The highest BCUT2D eigenvalue weighted by atomic mass is 32.2. The number of ether oxygens (including phenoxy) is 1. The Morgan fingerprint density at radius 3 is 2.93 bits per heavy atom. The molecule has 9 heteroatoms. The molecule has 2 heterocycles. The SMILES string of the molecule is Cc1nc(S(=O)(=O)N[C@@H]2CCCN(Cc3cccc(OCCO)c3)C2)cn1C. The van der Waals surface area contributed by atoms with Crippen molar-refractivity contribution in [3.05, 3.63) is 41.9 Å². The number of likely N-dealkylation sites (tertiary alicyclic amines) is 1. The van der Waals surface area contributed by atoms with Crippen LogP contribution in [0.2, 0.25) is 0 Å². The second-order valence-electron chi connectivity index (χ2n) is 7.15. The number of aliphatic hydroxyl groups is 1. The number of hydrogen-bond donors (Lipinski definition) is 2. The van der Waals surface area contributed by atoms with E-state index in [9.17, 15) is 8.42 Å². The van der Waals surface area contributed by atoms with E-state index in [1.165, 1.54) is 6.20 Å². The zero-order valence-electron chi connectivity index (χ0n) is 16.3. The minimum absolute atomic E-state index is 0.0199. The van der Waals surface area contributed by atoms with Crippen molar-refractivity contribution in [1.29, 1.82) is 0 Å². The number of sulfonamides is 1. The third-order valence-electron chi connectivity index (χ3n) is 4.85. The molecule has 28 heavy (non-hydrogen) atoms. The first-order chi connectivity index (χ1) is 13.4. The summed E-state index contributed by atoms with van der Waals surface area (Å²) in [4.78, 5) is 6.38. The van der Waals surface area contributed by atoms with E-state index < -0.39 is 10.0 Å². The largest absolute Gasteiger partial charge is 0.491 e. The number of aryl methyl sites for hydroxylation is 2. The number of hydrogen-bond acceptors (Lipinski definition) is 6. The third-order valence-corrected chi connectivity index (χ3v) is 6.24. The first-order valence-corrected chi connectivity index (χ1v) is 10.9. The van der Waals surface area contributed by atoms with Crippen molar-refractivity contribution in [3.8, 4) is 5.75 Å². The zero-order chi connectivity index (χ0) is 20.1. The lowest BCUT2D eigenvalue weighted by Crippen LogP contribution is -2.47. The monoisotopic (exact) mass is 408 g/mol. The molecule has 154 valence electrons. The second kappa shape index (κ2) is 9.04. The molecule has 1 atom stereocenters. The van der Waals surface area contributed by atoms with Crippen LogP contribution in [0.3, 0.4) is 0 Å². The maximum absolute atomic E-state index is 12.6. The van der Waals surface area contributed by atoms with Crippen LogP contribution in [0.25, 0.3) is 0 Å². The number of nitrogens with one attached hydrogen (secondary N) is 1. The fourth-order valence-corrected chi connectivity index (χ4v) is 4.69. The average Bonchev–Trinajstić information content (AvgIpc) is 3.00. The van der Waals surface area contributed by atoms with Gasteiger partial charge in [-0.05, 0) is 44.0 Å².